The lowest BCUT2D eigenvalue weighted by atomic mass is 10.1. The number of ether oxygens (including phenoxy) is 3. The summed E-state index contributed by atoms with van der Waals surface area (Å²) in [5, 5.41) is 0. The summed E-state index contributed by atoms with van der Waals surface area (Å²) in [6, 6.07) is -1.14. The first kappa shape index (κ1) is 23.2. The Morgan fingerprint density at radius 3 is 1.28 bits per heavy atom. The largest absolute Gasteiger partial charge is 0.458 e. The fourth-order valence-corrected chi connectivity index (χ4v) is 1.78. The Balaban J connectivity index is 5.70. The molecule has 0 aliphatic rings. The van der Waals surface area contributed by atoms with Gasteiger partial charge in [0.25, 0.3) is 0 Å². The third-order valence-electron chi connectivity index (χ3n) is 2.56. The van der Waals surface area contributed by atoms with Gasteiger partial charge in [0.15, 0.2) is 0 Å². The van der Waals surface area contributed by atoms with E-state index >= 15 is 0 Å². The molecule has 0 fully saturated rings. The summed E-state index contributed by atoms with van der Waals surface area (Å²) in [7, 11) is 0. The van der Waals surface area contributed by atoms with Crippen LogP contribution in [0.15, 0.2) is 0 Å². The van der Waals surface area contributed by atoms with E-state index in [1.807, 2.05) is 0 Å². The normalized spacial score (nSPS) is 13.7. The lowest BCUT2D eigenvalue weighted by Gasteiger charge is -2.33. The van der Waals surface area contributed by atoms with Crippen LogP contribution in [0.4, 0.5) is 9.59 Å². The van der Waals surface area contributed by atoms with Gasteiger partial charge in [-0.2, -0.15) is 4.90 Å². The fraction of sp³-hybridized carbons (Fsp3) is 0.833. The molecule has 0 aromatic heterocycles. The second kappa shape index (κ2) is 8.06. The van der Waals surface area contributed by atoms with Crippen molar-refractivity contribution >= 4 is 18.2 Å². The van der Waals surface area contributed by atoms with E-state index in [-0.39, 0.29) is 6.42 Å². The summed E-state index contributed by atoms with van der Waals surface area (Å²) in [6.45, 7) is 16.8. The van der Waals surface area contributed by atoms with E-state index in [2.05, 4.69) is 0 Å². The van der Waals surface area contributed by atoms with E-state index in [0.717, 1.165) is 0 Å². The summed E-state index contributed by atoms with van der Waals surface area (Å²) in [5.74, 6) is -0.688. The molecule has 2 amide bonds. The smallest absolute Gasteiger partial charge is 0.420 e. The Kier molecular flexibility index (Phi) is 7.48. The van der Waals surface area contributed by atoms with Crippen LogP contribution < -0.4 is 0 Å². The lowest BCUT2D eigenvalue weighted by Crippen LogP contribution is -2.53. The summed E-state index contributed by atoms with van der Waals surface area (Å²) in [6.07, 6.45) is -1.72. The number of carbonyl (C=O) groups excluding carboxylic acids is 3. The van der Waals surface area contributed by atoms with Crippen molar-refractivity contribution in [1.29, 1.82) is 0 Å². The van der Waals surface area contributed by atoms with Gasteiger partial charge in [0, 0.05) is 0 Å². The highest BCUT2D eigenvalue weighted by atomic mass is 16.6. The summed E-state index contributed by atoms with van der Waals surface area (Å²) in [5.41, 5.74) is -2.41. The average Bonchev–Trinajstić information content (AvgIpc) is 2.27. The van der Waals surface area contributed by atoms with E-state index in [4.69, 9.17) is 14.2 Å². The molecule has 146 valence electrons. The predicted molar refractivity (Wildman–Crippen MR) is 94.2 cm³/mol. The minimum atomic E-state index is -1.14. The van der Waals surface area contributed by atoms with Crippen LogP contribution in [0.3, 0.4) is 0 Å². The van der Waals surface area contributed by atoms with Gasteiger partial charge >= 0.3 is 18.2 Å². The highest BCUT2D eigenvalue weighted by Gasteiger charge is 2.41. The second-order valence-corrected chi connectivity index (χ2v) is 8.79. The number of hydrogen-bond acceptors (Lipinski definition) is 6. The first-order valence-electron chi connectivity index (χ1n) is 8.45. The molecular formula is C18H33NO6. The van der Waals surface area contributed by atoms with Crippen molar-refractivity contribution in [3.8, 4) is 0 Å². The number of imide groups is 1. The summed E-state index contributed by atoms with van der Waals surface area (Å²) >= 11 is 0. The zero-order valence-corrected chi connectivity index (χ0v) is 17.2. The zero-order chi connectivity index (χ0) is 20.2. The van der Waals surface area contributed by atoms with E-state index in [0.29, 0.717) is 4.90 Å². The molecule has 0 bridgehead atoms. The molecule has 7 heteroatoms. The highest BCUT2D eigenvalue weighted by molar-refractivity contribution is 5.94. The molecular weight excluding hydrogens is 326 g/mol. The van der Waals surface area contributed by atoms with Crippen LogP contribution >= 0.6 is 0 Å². The molecule has 0 spiro atoms. The third kappa shape index (κ3) is 9.31. The van der Waals surface area contributed by atoms with Crippen LogP contribution in [0, 0.1) is 0 Å². The van der Waals surface area contributed by atoms with Crippen molar-refractivity contribution in [3.63, 3.8) is 0 Å². The fourth-order valence-electron chi connectivity index (χ4n) is 1.78. The van der Waals surface area contributed by atoms with Crippen LogP contribution in [-0.4, -0.2) is 45.9 Å². The van der Waals surface area contributed by atoms with Gasteiger partial charge in [0.05, 0.1) is 0 Å². The molecule has 25 heavy (non-hydrogen) atoms. The molecule has 0 N–H and O–H groups in total. The van der Waals surface area contributed by atoms with Gasteiger partial charge in [0.1, 0.15) is 22.8 Å². The molecule has 0 aromatic rings. The van der Waals surface area contributed by atoms with Crippen LogP contribution in [0.5, 0.6) is 0 Å². The molecule has 0 aliphatic carbocycles. The molecule has 0 rings (SSSR count). The number of carbonyl (C=O) groups is 3. The molecule has 0 aliphatic heterocycles. The SMILES string of the molecule is CC[C@@H](C(=O)OC(C)(C)C)N(C(=O)OC(C)(C)C)C(=O)OC(C)(C)C. The molecule has 0 heterocycles. The highest BCUT2D eigenvalue weighted by Crippen LogP contribution is 2.20. The summed E-state index contributed by atoms with van der Waals surface area (Å²) < 4.78 is 15.9. The minimum absolute atomic E-state index is 0.174. The van der Waals surface area contributed by atoms with Gasteiger partial charge in [-0.25, -0.2) is 14.4 Å². The van der Waals surface area contributed by atoms with Gasteiger partial charge in [0.2, 0.25) is 0 Å². The standard InChI is InChI=1S/C18H33NO6/c1-11-12(13(20)23-16(2,3)4)19(14(21)24-17(5,6)7)15(22)25-18(8,9)10/h12H,11H2,1-10H3/t12-/m0/s1. The van der Waals surface area contributed by atoms with Crippen molar-refractivity contribution in [3.05, 3.63) is 0 Å². The van der Waals surface area contributed by atoms with Crippen LogP contribution in [0.25, 0.3) is 0 Å². The Hall–Kier alpha value is -1.79. The van der Waals surface area contributed by atoms with Crippen LogP contribution in [-0.2, 0) is 19.0 Å². The molecule has 0 aromatic carbocycles. The van der Waals surface area contributed by atoms with Gasteiger partial charge in [-0.15, -0.1) is 0 Å². The monoisotopic (exact) mass is 359 g/mol. The van der Waals surface area contributed by atoms with Crippen LogP contribution in [0.2, 0.25) is 0 Å². The maximum Gasteiger partial charge on any atom is 0.420 e. The second-order valence-electron chi connectivity index (χ2n) is 8.79. The van der Waals surface area contributed by atoms with Gasteiger partial charge in [-0.05, 0) is 68.7 Å². The van der Waals surface area contributed by atoms with Crippen molar-refractivity contribution < 1.29 is 28.6 Å². The third-order valence-corrected chi connectivity index (χ3v) is 2.56. The quantitative estimate of drug-likeness (QED) is 0.552. The maximum absolute atomic E-state index is 12.6. The number of nitrogens with zero attached hydrogens (tertiary/aromatic N) is 1. The molecule has 0 saturated carbocycles. The van der Waals surface area contributed by atoms with Crippen molar-refractivity contribution in [1.82, 2.24) is 4.90 Å². The molecule has 1 atom stereocenters. The molecule has 0 unspecified atom stereocenters. The van der Waals surface area contributed by atoms with Crippen LogP contribution in [0.1, 0.15) is 75.7 Å². The Morgan fingerprint density at radius 2 is 1.04 bits per heavy atom. The Bertz CT molecular complexity index is 465. The first-order chi connectivity index (χ1) is 11.0. The lowest BCUT2D eigenvalue weighted by molar-refractivity contribution is -0.161. The van der Waals surface area contributed by atoms with Gasteiger partial charge in [-0.3, -0.25) is 0 Å². The van der Waals surface area contributed by atoms with Crippen molar-refractivity contribution in [2.45, 2.75) is 98.5 Å². The van der Waals surface area contributed by atoms with Gasteiger partial charge < -0.3 is 14.2 Å². The zero-order valence-electron chi connectivity index (χ0n) is 17.2. The van der Waals surface area contributed by atoms with E-state index in [9.17, 15) is 14.4 Å². The maximum atomic E-state index is 12.6. The van der Waals surface area contributed by atoms with Crippen molar-refractivity contribution in [2.24, 2.45) is 0 Å². The molecule has 0 saturated heterocycles. The minimum Gasteiger partial charge on any atom is -0.458 e. The Labute approximate surface area is 151 Å². The number of hydrogen-bond donors (Lipinski definition) is 0. The Morgan fingerprint density at radius 1 is 0.720 bits per heavy atom. The number of rotatable bonds is 3. The number of amides is 2. The molecule has 7 nitrogen and oxygen atoms in total. The van der Waals surface area contributed by atoms with E-state index < -0.39 is 41.0 Å². The molecule has 0 radical (unpaired) electrons. The van der Waals surface area contributed by atoms with E-state index in [1.54, 1.807) is 69.2 Å². The predicted octanol–water partition coefficient (Wildman–Crippen LogP) is 4.28. The topological polar surface area (TPSA) is 82.1 Å². The van der Waals surface area contributed by atoms with E-state index in [1.165, 1.54) is 0 Å². The average molecular weight is 359 g/mol. The summed E-state index contributed by atoms with van der Waals surface area (Å²) in [4.78, 5) is 38.3. The van der Waals surface area contributed by atoms with Crippen molar-refractivity contribution in [2.75, 3.05) is 0 Å². The van der Waals surface area contributed by atoms with Gasteiger partial charge in [-0.1, -0.05) is 6.92 Å². The number of esters is 1. The first-order valence-corrected chi connectivity index (χ1v) is 8.45.